The minimum absolute atomic E-state index is 0.318. The highest BCUT2D eigenvalue weighted by Gasteiger charge is 2.32. The number of alkyl halides is 3. The molecule has 0 aliphatic heterocycles. The Labute approximate surface area is 102 Å². The third-order valence-electron chi connectivity index (χ3n) is 3.63. The summed E-state index contributed by atoms with van der Waals surface area (Å²) in [6.07, 6.45) is -1.09. The molecule has 3 rings (SSSR count). The smallest absolute Gasteiger partial charge is 0.325 e. The van der Waals surface area contributed by atoms with Gasteiger partial charge in [0, 0.05) is 6.04 Å². The van der Waals surface area contributed by atoms with Crippen molar-refractivity contribution >= 4 is 11.0 Å². The second kappa shape index (κ2) is 3.73. The number of hydrogen-bond acceptors (Lipinski definition) is 1. The molecule has 0 unspecified atom stereocenters. The highest BCUT2D eigenvalue weighted by Crippen LogP contribution is 2.37. The molecule has 0 N–H and O–H groups in total. The summed E-state index contributed by atoms with van der Waals surface area (Å²) in [5.74, 6) is 0.800. The van der Waals surface area contributed by atoms with Gasteiger partial charge >= 0.3 is 6.18 Å². The topological polar surface area (TPSA) is 17.8 Å². The maximum absolute atomic E-state index is 12.7. The minimum atomic E-state index is -4.29. The van der Waals surface area contributed by atoms with Crippen molar-refractivity contribution in [3.63, 3.8) is 0 Å². The highest BCUT2D eigenvalue weighted by atomic mass is 19.4. The van der Waals surface area contributed by atoms with Gasteiger partial charge in [-0.3, -0.25) is 0 Å². The van der Waals surface area contributed by atoms with E-state index in [2.05, 4.69) is 4.98 Å². The first-order chi connectivity index (χ1) is 8.47. The van der Waals surface area contributed by atoms with E-state index in [1.165, 1.54) is 12.1 Å². The molecule has 0 amide bonds. The van der Waals surface area contributed by atoms with Crippen LogP contribution in [0.15, 0.2) is 18.2 Å². The molecule has 1 aromatic carbocycles. The molecule has 2 aromatic rings. The molecule has 1 fully saturated rings. The Kier molecular flexibility index (Phi) is 2.40. The highest BCUT2D eigenvalue weighted by molar-refractivity contribution is 5.77. The van der Waals surface area contributed by atoms with Crippen LogP contribution in [0.5, 0.6) is 0 Å². The molecule has 0 spiro atoms. The molecule has 96 valence electrons. The number of aryl methyl sites for hydroxylation is 1. The van der Waals surface area contributed by atoms with Crippen LogP contribution in [0.2, 0.25) is 0 Å². The lowest BCUT2D eigenvalue weighted by Crippen LogP contribution is -2.18. The molecule has 1 aliphatic rings. The molecule has 1 aromatic heterocycles. The van der Waals surface area contributed by atoms with Gasteiger partial charge in [0.05, 0.1) is 16.6 Å². The van der Waals surface area contributed by atoms with Crippen molar-refractivity contribution in [1.82, 2.24) is 9.55 Å². The Balaban J connectivity index is 2.18. The van der Waals surface area contributed by atoms with E-state index in [-0.39, 0.29) is 0 Å². The molecule has 0 atom stereocenters. The number of aromatic nitrogens is 2. The Bertz CT molecular complexity index is 594. The van der Waals surface area contributed by atoms with Crippen molar-refractivity contribution in [2.75, 3.05) is 0 Å². The van der Waals surface area contributed by atoms with E-state index in [9.17, 15) is 13.2 Å². The molecule has 1 heterocycles. The number of imidazole rings is 1. The maximum Gasteiger partial charge on any atom is 0.416 e. The number of fused-ring (bicyclic) bond motifs is 1. The van der Waals surface area contributed by atoms with Crippen molar-refractivity contribution in [2.45, 2.75) is 38.4 Å². The summed E-state index contributed by atoms with van der Waals surface area (Å²) in [6.45, 7) is 1.85. The summed E-state index contributed by atoms with van der Waals surface area (Å²) in [4.78, 5) is 4.33. The zero-order chi connectivity index (χ0) is 12.9. The monoisotopic (exact) mass is 254 g/mol. The van der Waals surface area contributed by atoms with Crippen LogP contribution in [0, 0.1) is 6.92 Å². The fraction of sp³-hybridized carbons (Fsp3) is 0.462. The quantitative estimate of drug-likeness (QED) is 0.749. The second-order valence-electron chi connectivity index (χ2n) is 4.81. The zero-order valence-corrected chi connectivity index (χ0v) is 9.96. The van der Waals surface area contributed by atoms with E-state index in [1.54, 1.807) is 0 Å². The van der Waals surface area contributed by atoms with E-state index in [0.717, 1.165) is 31.2 Å². The number of rotatable bonds is 1. The van der Waals surface area contributed by atoms with Gasteiger partial charge in [0.25, 0.3) is 0 Å². The second-order valence-corrected chi connectivity index (χ2v) is 4.81. The first-order valence-corrected chi connectivity index (χ1v) is 6.02. The van der Waals surface area contributed by atoms with Gasteiger partial charge in [-0.05, 0) is 44.4 Å². The molecule has 0 saturated heterocycles. The molecule has 5 heteroatoms. The molecule has 0 radical (unpaired) electrons. The fourth-order valence-corrected chi connectivity index (χ4v) is 2.50. The summed E-state index contributed by atoms with van der Waals surface area (Å²) >= 11 is 0. The third kappa shape index (κ3) is 1.69. The predicted molar refractivity (Wildman–Crippen MR) is 62.4 cm³/mol. The van der Waals surface area contributed by atoms with Crippen LogP contribution in [0.3, 0.4) is 0 Å². The zero-order valence-electron chi connectivity index (χ0n) is 9.96. The van der Waals surface area contributed by atoms with Gasteiger partial charge in [-0.15, -0.1) is 0 Å². The summed E-state index contributed by atoms with van der Waals surface area (Å²) in [5.41, 5.74) is 0.648. The van der Waals surface area contributed by atoms with Crippen LogP contribution >= 0.6 is 0 Å². The van der Waals surface area contributed by atoms with Crippen molar-refractivity contribution < 1.29 is 13.2 Å². The molecule has 0 bridgehead atoms. The van der Waals surface area contributed by atoms with Crippen LogP contribution in [-0.4, -0.2) is 9.55 Å². The first-order valence-electron chi connectivity index (χ1n) is 6.02. The number of nitrogens with zero attached hydrogens (tertiary/aromatic N) is 2. The van der Waals surface area contributed by atoms with E-state index in [0.29, 0.717) is 17.1 Å². The van der Waals surface area contributed by atoms with Gasteiger partial charge in [-0.2, -0.15) is 13.2 Å². The molecule has 1 saturated carbocycles. The largest absolute Gasteiger partial charge is 0.416 e. The van der Waals surface area contributed by atoms with Crippen LogP contribution in [0.1, 0.15) is 36.7 Å². The van der Waals surface area contributed by atoms with Gasteiger partial charge < -0.3 is 4.57 Å². The lowest BCUT2D eigenvalue weighted by molar-refractivity contribution is -0.137. The van der Waals surface area contributed by atoms with Crippen molar-refractivity contribution in [2.24, 2.45) is 0 Å². The Hall–Kier alpha value is -1.52. The summed E-state index contributed by atoms with van der Waals surface area (Å²) < 4.78 is 40.1. The number of hydrogen-bond donors (Lipinski definition) is 0. The van der Waals surface area contributed by atoms with Gasteiger partial charge in [0.15, 0.2) is 0 Å². The minimum Gasteiger partial charge on any atom is -0.325 e. The standard InChI is InChI=1S/C13H13F3N2/c1-8-17-11-6-5-9(13(14,15)16)7-12(11)18(8)10-3-2-4-10/h5-7,10H,2-4H2,1H3. The SMILES string of the molecule is Cc1nc2ccc(C(F)(F)F)cc2n1C1CCC1. The van der Waals surface area contributed by atoms with Crippen LogP contribution in [0.4, 0.5) is 13.2 Å². The fourth-order valence-electron chi connectivity index (χ4n) is 2.50. The van der Waals surface area contributed by atoms with Crippen LogP contribution in [0.25, 0.3) is 11.0 Å². The maximum atomic E-state index is 12.7. The Morgan fingerprint density at radius 1 is 1.28 bits per heavy atom. The van der Waals surface area contributed by atoms with E-state index < -0.39 is 11.7 Å². The lowest BCUT2D eigenvalue weighted by atomic mass is 9.92. The third-order valence-corrected chi connectivity index (χ3v) is 3.63. The van der Waals surface area contributed by atoms with Gasteiger partial charge in [0.2, 0.25) is 0 Å². The molecular formula is C13H13F3N2. The molecule has 2 nitrogen and oxygen atoms in total. The average molecular weight is 254 g/mol. The Morgan fingerprint density at radius 2 is 2.00 bits per heavy atom. The van der Waals surface area contributed by atoms with Crippen LogP contribution < -0.4 is 0 Å². The number of halogens is 3. The predicted octanol–water partition coefficient (Wildman–Crippen LogP) is 4.09. The molecule has 18 heavy (non-hydrogen) atoms. The van der Waals surface area contributed by atoms with Gasteiger partial charge in [-0.1, -0.05) is 0 Å². The van der Waals surface area contributed by atoms with Gasteiger partial charge in [-0.25, -0.2) is 4.98 Å². The van der Waals surface area contributed by atoms with Crippen molar-refractivity contribution in [1.29, 1.82) is 0 Å². The van der Waals surface area contributed by atoms with Crippen molar-refractivity contribution in [3.8, 4) is 0 Å². The average Bonchev–Trinajstić information content (AvgIpc) is 2.51. The van der Waals surface area contributed by atoms with Gasteiger partial charge in [0.1, 0.15) is 5.82 Å². The van der Waals surface area contributed by atoms with Crippen LogP contribution in [-0.2, 0) is 6.18 Å². The summed E-state index contributed by atoms with van der Waals surface area (Å²) in [7, 11) is 0. The molecular weight excluding hydrogens is 241 g/mol. The number of benzene rings is 1. The molecule has 1 aliphatic carbocycles. The summed E-state index contributed by atoms with van der Waals surface area (Å²) in [6, 6.07) is 4.09. The first kappa shape index (κ1) is 11.6. The Morgan fingerprint density at radius 3 is 2.56 bits per heavy atom. The summed E-state index contributed by atoms with van der Waals surface area (Å²) in [5, 5.41) is 0. The van der Waals surface area contributed by atoms with E-state index in [4.69, 9.17) is 0 Å². The van der Waals surface area contributed by atoms with E-state index in [1.807, 2.05) is 11.5 Å². The lowest BCUT2D eigenvalue weighted by Gasteiger charge is -2.28. The van der Waals surface area contributed by atoms with E-state index >= 15 is 0 Å². The van der Waals surface area contributed by atoms with Crippen molar-refractivity contribution in [3.05, 3.63) is 29.6 Å². The normalized spacial score (nSPS) is 17.1.